The van der Waals surface area contributed by atoms with Gasteiger partial charge in [-0.15, -0.1) is 11.8 Å². The molecule has 0 aromatic heterocycles. The molecule has 19 heavy (non-hydrogen) atoms. The zero-order chi connectivity index (χ0) is 13.7. The molecule has 2 nitrogen and oxygen atoms in total. The van der Waals surface area contributed by atoms with Gasteiger partial charge in [-0.3, -0.25) is 4.79 Å². The summed E-state index contributed by atoms with van der Waals surface area (Å²) in [6.45, 7) is 2.21. The van der Waals surface area contributed by atoms with Gasteiger partial charge in [0.05, 0.1) is 5.75 Å². The standard InChI is InChI=1S/C15H20FNOS/c1-11-4-2-3-5-14(11)17-15(18)10-19-13-8-6-12(16)7-9-13/h6-9,11,14H,2-5,10H2,1H3,(H,17,18). The van der Waals surface area contributed by atoms with Crippen LogP contribution in [-0.4, -0.2) is 17.7 Å². The van der Waals surface area contributed by atoms with Crippen LogP contribution in [0.4, 0.5) is 4.39 Å². The lowest BCUT2D eigenvalue weighted by atomic mass is 9.86. The van der Waals surface area contributed by atoms with E-state index in [1.807, 2.05) is 0 Å². The van der Waals surface area contributed by atoms with E-state index in [0.29, 0.717) is 17.7 Å². The van der Waals surface area contributed by atoms with Gasteiger partial charge in [0, 0.05) is 10.9 Å². The molecular formula is C15H20FNOS. The molecule has 1 fully saturated rings. The molecule has 0 saturated heterocycles. The number of thioether (sulfide) groups is 1. The second kappa shape index (κ2) is 6.94. The lowest BCUT2D eigenvalue weighted by Crippen LogP contribution is -2.41. The Bertz CT molecular complexity index is 421. The summed E-state index contributed by atoms with van der Waals surface area (Å²) in [6.07, 6.45) is 4.78. The third-order valence-corrected chi connectivity index (χ3v) is 4.65. The van der Waals surface area contributed by atoms with E-state index in [0.717, 1.165) is 11.3 Å². The topological polar surface area (TPSA) is 29.1 Å². The van der Waals surface area contributed by atoms with E-state index in [1.54, 1.807) is 12.1 Å². The highest BCUT2D eigenvalue weighted by molar-refractivity contribution is 8.00. The molecule has 4 heteroatoms. The zero-order valence-electron chi connectivity index (χ0n) is 11.2. The number of benzene rings is 1. The molecular weight excluding hydrogens is 261 g/mol. The minimum atomic E-state index is -0.246. The summed E-state index contributed by atoms with van der Waals surface area (Å²) in [4.78, 5) is 12.8. The molecule has 104 valence electrons. The summed E-state index contributed by atoms with van der Waals surface area (Å²) < 4.78 is 12.7. The molecule has 0 aliphatic heterocycles. The molecule has 1 saturated carbocycles. The van der Waals surface area contributed by atoms with E-state index in [-0.39, 0.29) is 11.7 Å². The average Bonchev–Trinajstić information content (AvgIpc) is 2.41. The monoisotopic (exact) mass is 281 g/mol. The van der Waals surface area contributed by atoms with E-state index in [1.165, 1.54) is 43.2 Å². The SMILES string of the molecule is CC1CCCCC1NC(=O)CSc1ccc(F)cc1. The molecule has 2 unspecified atom stereocenters. The molecule has 2 rings (SSSR count). The molecule has 0 radical (unpaired) electrons. The fourth-order valence-electron chi connectivity index (χ4n) is 2.46. The van der Waals surface area contributed by atoms with Crippen LogP contribution in [-0.2, 0) is 4.79 Å². The molecule has 1 aliphatic carbocycles. The highest BCUT2D eigenvalue weighted by atomic mass is 32.2. The highest BCUT2D eigenvalue weighted by Crippen LogP contribution is 2.24. The van der Waals surface area contributed by atoms with Crippen LogP contribution in [0.1, 0.15) is 32.6 Å². The molecule has 1 N–H and O–H groups in total. The Hall–Kier alpha value is -1.03. The lowest BCUT2D eigenvalue weighted by molar-refractivity contribution is -0.119. The van der Waals surface area contributed by atoms with Gasteiger partial charge in [-0.1, -0.05) is 19.8 Å². The van der Waals surface area contributed by atoms with Gasteiger partial charge in [-0.05, 0) is 43.0 Å². The number of halogens is 1. The fourth-order valence-corrected chi connectivity index (χ4v) is 3.17. The highest BCUT2D eigenvalue weighted by Gasteiger charge is 2.22. The van der Waals surface area contributed by atoms with Crippen LogP contribution in [0.2, 0.25) is 0 Å². The molecule has 1 aromatic rings. The van der Waals surface area contributed by atoms with Crippen LogP contribution in [0.5, 0.6) is 0 Å². The maximum atomic E-state index is 12.7. The zero-order valence-corrected chi connectivity index (χ0v) is 12.0. The van der Waals surface area contributed by atoms with Gasteiger partial charge in [-0.25, -0.2) is 4.39 Å². The van der Waals surface area contributed by atoms with Gasteiger partial charge in [0.25, 0.3) is 0 Å². The molecule has 0 heterocycles. The lowest BCUT2D eigenvalue weighted by Gasteiger charge is -2.29. The Kier molecular flexibility index (Phi) is 5.25. The van der Waals surface area contributed by atoms with Crippen molar-refractivity contribution in [3.63, 3.8) is 0 Å². The largest absolute Gasteiger partial charge is 0.352 e. The first-order chi connectivity index (χ1) is 9.15. The first-order valence-corrected chi connectivity index (χ1v) is 7.81. The van der Waals surface area contributed by atoms with Crippen molar-refractivity contribution in [1.82, 2.24) is 5.32 Å². The number of carbonyl (C=O) groups excluding carboxylic acids is 1. The maximum absolute atomic E-state index is 12.7. The second-order valence-corrected chi connectivity index (χ2v) is 6.23. The van der Waals surface area contributed by atoms with Crippen molar-refractivity contribution in [3.8, 4) is 0 Å². The van der Waals surface area contributed by atoms with Crippen LogP contribution in [0.25, 0.3) is 0 Å². The van der Waals surface area contributed by atoms with E-state index < -0.39 is 0 Å². The van der Waals surface area contributed by atoms with Crippen molar-refractivity contribution in [2.75, 3.05) is 5.75 Å². The third-order valence-electron chi connectivity index (χ3n) is 3.64. The summed E-state index contributed by atoms with van der Waals surface area (Å²) in [5, 5.41) is 3.12. The summed E-state index contributed by atoms with van der Waals surface area (Å²) in [5.74, 6) is 0.806. The minimum absolute atomic E-state index is 0.0769. The molecule has 1 aromatic carbocycles. The van der Waals surface area contributed by atoms with E-state index in [4.69, 9.17) is 0 Å². The fraction of sp³-hybridized carbons (Fsp3) is 0.533. The number of carbonyl (C=O) groups is 1. The average molecular weight is 281 g/mol. The van der Waals surface area contributed by atoms with Crippen molar-refractivity contribution >= 4 is 17.7 Å². The molecule has 0 spiro atoms. The van der Waals surface area contributed by atoms with Gasteiger partial charge >= 0.3 is 0 Å². The Morgan fingerprint density at radius 1 is 1.32 bits per heavy atom. The summed E-state index contributed by atoms with van der Waals surface area (Å²) in [5.41, 5.74) is 0. The van der Waals surface area contributed by atoms with Gasteiger partial charge in [0.2, 0.25) is 5.91 Å². The normalized spacial score (nSPS) is 23.1. The Balaban J connectivity index is 1.76. The number of hydrogen-bond donors (Lipinski definition) is 1. The van der Waals surface area contributed by atoms with Crippen molar-refractivity contribution in [1.29, 1.82) is 0 Å². The van der Waals surface area contributed by atoms with Crippen molar-refractivity contribution < 1.29 is 9.18 Å². The number of rotatable bonds is 4. The van der Waals surface area contributed by atoms with Gasteiger partial charge in [-0.2, -0.15) is 0 Å². The van der Waals surface area contributed by atoms with Crippen molar-refractivity contribution in [2.45, 2.75) is 43.5 Å². The van der Waals surface area contributed by atoms with Crippen molar-refractivity contribution in [3.05, 3.63) is 30.1 Å². The predicted octanol–water partition coefficient (Wildman–Crippen LogP) is 3.61. The number of amides is 1. The summed E-state index contributed by atoms with van der Waals surface area (Å²) in [6, 6.07) is 6.58. The van der Waals surface area contributed by atoms with Crippen molar-refractivity contribution in [2.24, 2.45) is 5.92 Å². The van der Waals surface area contributed by atoms with Crippen LogP contribution in [0.3, 0.4) is 0 Å². The third kappa shape index (κ3) is 4.53. The van der Waals surface area contributed by atoms with Crippen LogP contribution in [0, 0.1) is 11.7 Å². The predicted molar refractivity (Wildman–Crippen MR) is 76.7 cm³/mol. The molecule has 1 aliphatic rings. The molecule has 2 atom stereocenters. The quantitative estimate of drug-likeness (QED) is 0.854. The summed E-state index contributed by atoms with van der Waals surface area (Å²) in [7, 11) is 0. The Morgan fingerprint density at radius 2 is 2.00 bits per heavy atom. The van der Waals surface area contributed by atoms with E-state index in [2.05, 4.69) is 12.2 Å². The van der Waals surface area contributed by atoms with Crippen LogP contribution >= 0.6 is 11.8 Å². The first-order valence-electron chi connectivity index (χ1n) is 6.83. The Labute approximate surface area is 118 Å². The smallest absolute Gasteiger partial charge is 0.230 e. The molecule has 0 bridgehead atoms. The number of hydrogen-bond acceptors (Lipinski definition) is 2. The van der Waals surface area contributed by atoms with Gasteiger partial charge in [0.1, 0.15) is 5.82 Å². The summed E-state index contributed by atoms with van der Waals surface area (Å²) >= 11 is 1.45. The molecule has 1 amide bonds. The first kappa shape index (κ1) is 14.4. The van der Waals surface area contributed by atoms with E-state index in [9.17, 15) is 9.18 Å². The Morgan fingerprint density at radius 3 is 2.68 bits per heavy atom. The van der Waals surface area contributed by atoms with Crippen LogP contribution < -0.4 is 5.32 Å². The van der Waals surface area contributed by atoms with Gasteiger partial charge in [0.15, 0.2) is 0 Å². The maximum Gasteiger partial charge on any atom is 0.230 e. The second-order valence-electron chi connectivity index (χ2n) is 5.18. The number of nitrogens with one attached hydrogen (secondary N) is 1. The van der Waals surface area contributed by atoms with Gasteiger partial charge < -0.3 is 5.32 Å². The van der Waals surface area contributed by atoms with E-state index >= 15 is 0 Å². The minimum Gasteiger partial charge on any atom is -0.352 e. The van der Waals surface area contributed by atoms with Crippen LogP contribution in [0.15, 0.2) is 29.2 Å².